The van der Waals surface area contributed by atoms with Crippen molar-refractivity contribution < 1.29 is 4.79 Å². The van der Waals surface area contributed by atoms with E-state index in [0.29, 0.717) is 12.2 Å². The predicted octanol–water partition coefficient (Wildman–Crippen LogP) is 2.62. The second-order valence-corrected chi connectivity index (χ2v) is 7.32. The molecule has 118 valence electrons. The smallest absolute Gasteiger partial charge is 0.139 e. The van der Waals surface area contributed by atoms with Crippen molar-refractivity contribution in [1.29, 1.82) is 0 Å². The van der Waals surface area contributed by atoms with E-state index in [1.54, 1.807) is 5.57 Å². The average molecular weight is 290 g/mol. The molecule has 1 atom stereocenters. The molecule has 3 nitrogen and oxygen atoms in total. The Morgan fingerprint density at radius 2 is 1.90 bits per heavy atom. The third-order valence-electron chi connectivity index (χ3n) is 5.74. The van der Waals surface area contributed by atoms with Gasteiger partial charge in [-0.15, -0.1) is 0 Å². The van der Waals surface area contributed by atoms with Gasteiger partial charge in [0.05, 0.1) is 0 Å². The number of Topliss-reactive ketones (excluding diaryl/α,β-unsaturated/α-hetero) is 1. The molecule has 0 aromatic rings. The number of piperidine rings is 2. The Labute approximate surface area is 129 Å². The van der Waals surface area contributed by atoms with Crippen molar-refractivity contribution in [1.82, 2.24) is 10.2 Å². The number of nitrogens with one attached hydrogen (secondary N) is 1. The summed E-state index contributed by atoms with van der Waals surface area (Å²) in [5.74, 6) is 2.36. The second kappa shape index (κ2) is 7.06. The van der Waals surface area contributed by atoms with Crippen LogP contribution < -0.4 is 5.32 Å². The molecule has 0 aromatic carbocycles. The maximum Gasteiger partial charge on any atom is 0.139 e. The van der Waals surface area contributed by atoms with Crippen LogP contribution >= 0.6 is 0 Å². The Balaban J connectivity index is 1.45. The number of hydrogen-bond donors (Lipinski definition) is 1. The Morgan fingerprint density at radius 1 is 1.19 bits per heavy atom. The Morgan fingerprint density at radius 3 is 2.57 bits per heavy atom. The predicted molar refractivity (Wildman–Crippen MR) is 86.2 cm³/mol. The van der Waals surface area contributed by atoms with E-state index in [4.69, 9.17) is 0 Å². The molecular formula is C18H30N2O. The summed E-state index contributed by atoms with van der Waals surface area (Å²) < 4.78 is 0. The summed E-state index contributed by atoms with van der Waals surface area (Å²) in [7, 11) is 0. The number of nitrogens with zero attached hydrogens (tertiary/aromatic N) is 1. The fourth-order valence-electron chi connectivity index (χ4n) is 4.23. The van der Waals surface area contributed by atoms with Crippen molar-refractivity contribution in [3.63, 3.8) is 0 Å². The Bertz CT molecular complexity index is 390. The number of hydrogen-bond acceptors (Lipinski definition) is 3. The molecule has 0 radical (unpaired) electrons. The van der Waals surface area contributed by atoms with Gasteiger partial charge in [0.15, 0.2) is 0 Å². The highest BCUT2D eigenvalue weighted by Crippen LogP contribution is 2.33. The van der Waals surface area contributed by atoms with Gasteiger partial charge in [-0.1, -0.05) is 18.6 Å². The zero-order valence-electron chi connectivity index (χ0n) is 13.4. The van der Waals surface area contributed by atoms with Crippen molar-refractivity contribution in [2.24, 2.45) is 17.8 Å². The average Bonchev–Trinajstić information content (AvgIpc) is 2.52. The molecule has 3 heteroatoms. The molecule has 0 amide bonds. The molecule has 1 N–H and O–H groups in total. The van der Waals surface area contributed by atoms with Gasteiger partial charge in [0.2, 0.25) is 0 Å². The van der Waals surface area contributed by atoms with Gasteiger partial charge in [0, 0.05) is 18.9 Å². The van der Waals surface area contributed by atoms with E-state index >= 15 is 0 Å². The summed E-state index contributed by atoms with van der Waals surface area (Å²) >= 11 is 0. The lowest BCUT2D eigenvalue weighted by molar-refractivity contribution is -0.122. The lowest BCUT2D eigenvalue weighted by atomic mass is 9.79. The quantitative estimate of drug-likeness (QED) is 0.811. The minimum atomic E-state index is 0.262. The number of likely N-dealkylation sites (tertiary alicyclic amines) is 1. The summed E-state index contributed by atoms with van der Waals surface area (Å²) in [6.07, 6.45) is 9.27. The molecule has 0 spiro atoms. The molecule has 21 heavy (non-hydrogen) atoms. The van der Waals surface area contributed by atoms with Gasteiger partial charge in [0.25, 0.3) is 0 Å². The molecule has 1 unspecified atom stereocenters. The first kappa shape index (κ1) is 15.2. The molecular weight excluding hydrogens is 260 g/mol. The fraction of sp³-hybridized carbons (Fsp3) is 0.833. The number of rotatable bonds is 3. The van der Waals surface area contributed by atoms with Gasteiger partial charge in [-0.3, -0.25) is 4.79 Å². The summed E-state index contributed by atoms with van der Waals surface area (Å²) in [6, 6.07) is 0. The van der Waals surface area contributed by atoms with Crippen LogP contribution in [0.25, 0.3) is 0 Å². The SMILES string of the molecule is CC1CC(C2CCN(CC3CCNCC3)CC2)=CCC1=O. The van der Waals surface area contributed by atoms with Crippen LogP contribution in [0.2, 0.25) is 0 Å². The summed E-state index contributed by atoms with van der Waals surface area (Å²) in [6.45, 7) is 8.34. The highest BCUT2D eigenvalue weighted by Gasteiger charge is 2.28. The van der Waals surface area contributed by atoms with E-state index in [-0.39, 0.29) is 5.92 Å². The standard InChI is InChI=1S/C18H30N2O/c1-14-12-17(2-3-18(14)21)16-6-10-20(11-7-16)13-15-4-8-19-9-5-15/h2,14-16,19H,3-13H2,1H3. The summed E-state index contributed by atoms with van der Waals surface area (Å²) in [5.41, 5.74) is 1.59. The topological polar surface area (TPSA) is 32.3 Å². The first-order valence-electron chi connectivity index (χ1n) is 8.87. The van der Waals surface area contributed by atoms with Gasteiger partial charge in [-0.2, -0.15) is 0 Å². The zero-order chi connectivity index (χ0) is 14.7. The maximum atomic E-state index is 11.6. The van der Waals surface area contributed by atoms with Crippen molar-refractivity contribution >= 4 is 5.78 Å². The van der Waals surface area contributed by atoms with Crippen LogP contribution in [-0.4, -0.2) is 43.4 Å². The second-order valence-electron chi connectivity index (χ2n) is 7.32. The van der Waals surface area contributed by atoms with E-state index in [2.05, 4.69) is 23.2 Å². The number of carbonyl (C=O) groups is 1. The largest absolute Gasteiger partial charge is 0.317 e. The number of carbonyl (C=O) groups excluding carboxylic acids is 1. The van der Waals surface area contributed by atoms with Gasteiger partial charge in [-0.25, -0.2) is 0 Å². The fourth-order valence-corrected chi connectivity index (χ4v) is 4.23. The maximum absolute atomic E-state index is 11.6. The van der Waals surface area contributed by atoms with Crippen LogP contribution in [0.1, 0.15) is 45.4 Å². The summed E-state index contributed by atoms with van der Waals surface area (Å²) in [5, 5.41) is 3.46. The molecule has 1 aliphatic carbocycles. The third kappa shape index (κ3) is 3.95. The summed E-state index contributed by atoms with van der Waals surface area (Å²) in [4.78, 5) is 14.3. The minimum absolute atomic E-state index is 0.262. The molecule has 3 rings (SSSR count). The zero-order valence-corrected chi connectivity index (χ0v) is 13.4. The van der Waals surface area contributed by atoms with E-state index in [0.717, 1.165) is 18.3 Å². The van der Waals surface area contributed by atoms with Crippen LogP contribution in [0.3, 0.4) is 0 Å². The van der Waals surface area contributed by atoms with Crippen LogP contribution in [0.15, 0.2) is 11.6 Å². The van der Waals surface area contributed by atoms with Crippen LogP contribution in [0.5, 0.6) is 0 Å². The van der Waals surface area contributed by atoms with Gasteiger partial charge < -0.3 is 10.2 Å². The van der Waals surface area contributed by atoms with Gasteiger partial charge in [-0.05, 0) is 70.1 Å². The van der Waals surface area contributed by atoms with Gasteiger partial charge in [0.1, 0.15) is 5.78 Å². The molecule has 3 aliphatic rings. The molecule has 0 bridgehead atoms. The Kier molecular flexibility index (Phi) is 5.12. The van der Waals surface area contributed by atoms with E-state index < -0.39 is 0 Å². The van der Waals surface area contributed by atoms with Crippen molar-refractivity contribution in [3.8, 4) is 0 Å². The van der Waals surface area contributed by atoms with Crippen molar-refractivity contribution in [2.45, 2.75) is 45.4 Å². The third-order valence-corrected chi connectivity index (χ3v) is 5.74. The molecule has 0 saturated carbocycles. The number of ketones is 1. The molecule has 0 aromatic heterocycles. The number of allylic oxidation sites excluding steroid dienone is 2. The van der Waals surface area contributed by atoms with E-state index in [1.807, 2.05) is 0 Å². The lowest BCUT2D eigenvalue weighted by Crippen LogP contribution is -2.40. The van der Waals surface area contributed by atoms with Crippen molar-refractivity contribution in [2.75, 3.05) is 32.7 Å². The lowest BCUT2D eigenvalue weighted by Gasteiger charge is -2.37. The molecule has 2 aliphatic heterocycles. The van der Waals surface area contributed by atoms with Crippen LogP contribution in [0.4, 0.5) is 0 Å². The molecule has 2 saturated heterocycles. The molecule has 2 fully saturated rings. The molecule has 2 heterocycles. The minimum Gasteiger partial charge on any atom is -0.317 e. The normalized spacial score (nSPS) is 30.4. The first-order chi connectivity index (χ1) is 10.2. The van der Waals surface area contributed by atoms with E-state index in [9.17, 15) is 4.79 Å². The van der Waals surface area contributed by atoms with Crippen LogP contribution in [-0.2, 0) is 4.79 Å². The van der Waals surface area contributed by atoms with Gasteiger partial charge >= 0.3 is 0 Å². The van der Waals surface area contributed by atoms with E-state index in [1.165, 1.54) is 58.4 Å². The highest BCUT2D eigenvalue weighted by atomic mass is 16.1. The van der Waals surface area contributed by atoms with Crippen LogP contribution in [0, 0.1) is 17.8 Å². The highest BCUT2D eigenvalue weighted by molar-refractivity contribution is 5.83. The monoisotopic (exact) mass is 290 g/mol. The first-order valence-corrected chi connectivity index (χ1v) is 8.87. The Hall–Kier alpha value is -0.670. The van der Waals surface area contributed by atoms with Crippen molar-refractivity contribution in [3.05, 3.63) is 11.6 Å².